The van der Waals surface area contributed by atoms with Crippen LogP contribution >= 0.6 is 0 Å². The van der Waals surface area contributed by atoms with Crippen molar-refractivity contribution in [3.8, 4) is 0 Å². The van der Waals surface area contributed by atoms with Crippen molar-refractivity contribution in [1.82, 2.24) is 4.98 Å². The number of rotatable bonds is 5. The van der Waals surface area contributed by atoms with E-state index in [1.165, 1.54) is 10.8 Å². The first-order chi connectivity index (χ1) is 10.4. The van der Waals surface area contributed by atoms with Gasteiger partial charge in [0.2, 0.25) is 0 Å². The molecule has 0 bridgehead atoms. The average Bonchev–Trinajstić information content (AvgIpc) is 2.54. The number of benzene rings is 2. The summed E-state index contributed by atoms with van der Waals surface area (Å²) in [6, 6.07) is 18.7. The predicted molar refractivity (Wildman–Crippen MR) is 90.2 cm³/mol. The van der Waals surface area contributed by atoms with Crippen molar-refractivity contribution in [3.05, 3.63) is 60.8 Å². The summed E-state index contributed by atoms with van der Waals surface area (Å²) in [5.41, 5.74) is 2.15. The van der Waals surface area contributed by atoms with E-state index in [-0.39, 0.29) is 0 Å². The molecule has 3 rings (SSSR count). The lowest BCUT2D eigenvalue weighted by molar-refractivity contribution is 0.969. The van der Waals surface area contributed by atoms with Crippen molar-refractivity contribution in [2.24, 2.45) is 0 Å². The van der Waals surface area contributed by atoms with Crippen LogP contribution < -0.4 is 10.6 Å². The fourth-order valence-corrected chi connectivity index (χ4v) is 2.35. The molecule has 3 aromatic rings. The lowest BCUT2D eigenvalue weighted by Crippen LogP contribution is -2.02. The molecule has 0 radical (unpaired) electrons. The summed E-state index contributed by atoms with van der Waals surface area (Å²) < 4.78 is 0. The second-order valence-electron chi connectivity index (χ2n) is 5.01. The van der Waals surface area contributed by atoms with Gasteiger partial charge in [-0.3, -0.25) is 0 Å². The zero-order valence-electron chi connectivity index (χ0n) is 12.1. The first kappa shape index (κ1) is 13.4. The molecule has 0 fully saturated rings. The number of hydrogen-bond acceptors (Lipinski definition) is 3. The van der Waals surface area contributed by atoms with E-state index in [0.717, 1.165) is 30.2 Å². The Labute approximate surface area is 125 Å². The first-order valence-corrected chi connectivity index (χ1v) is 7.31. The Hall–Kier alpha value is -2.55. The highest BCUT2D eigenvalue weighted by Gasteiger charge is 2.02. The lowest BCUT2D eigenvalue weighted by atomic mass is 10.1. The van der Waals surface area contributed by atoms with Crippen molar-refractivity contribution in [2.45, 2.75) is 13.3 Å². The maximum absolute atomic E-state index is 4.33. The highest BCUT2D eigenvalue weighted by atomic mass is 15.0. The minimum Gasteiger partial charge on any atom is -0.370 e. The number of pyridine rings is 1. The van der Waals surface area contributed by atoms with Gasteiger partial charge < -0.3 is 10.6 Å². The van der Waals surface area contributed by atoms with E-state index in [1.807, 2.05) is 18.3 Å². The minimum absolute atomic E-state index is 0.905. The van der Waals surface area contributed by atoms with Crippen molar-refractivity contribution in [1.29, 1.82) is 0 Å². The van der Waals surface area contributed by atoms with Gasteiger partial charge in [0.25, 0.3) is 0 Å². The summed E-state index contributed by atoms with van der Waals surface area (Å²) in [5, 5.41) is 9.25. The van der Waals surface area contributed by atoms with Gasteiger partial charge in [-0.25, -0.2) is 4.98 Å². The Kier molecular flexibility index (Phi) is 4.01. The molecule has 1 heterocycles. The minimum atomic E-state index is 0.905. The van der Waals surface area contributed by atoms with Crippen LogP contribution in [0.5, 0.6) is 0 Å². The predicted octanol–water partition coefficient (Wildman–Crippen LogP) is 4.80. The van der Waals surface area contributed by atoms with Crippen LogP contribution in [0.1, 0.15) is 13.3 Å². The molecule has 2 aromatic carbocycles. The van der Waals surface area contributed by atoms with Crippen LogP contribution in [0.2, 0.25) is 0 Å². The summed E-state index contributed by atoms with van der Waals surface area (Å²) in [5.74, 6) is 0.905. The van der Waals surface area contributed by atoms with Gasteiger partial charge in [0, 0.05) is 35.6 Å². The Morgan fingerprint density at radius 3 is 2.76 bits per heavy atom. The summed E-state index contributed by atoms with van der Waals surface area (Å²) >= 11 is 0. The number of fused-ring (bicyclic) bond motifs is 1. The van der Waals surface area contributed by atoms with Crippen molar-refractivity contribution in [2.75, 3.05) is 17.2 Å². The van der Waals surface area contributed by atoms with E-state index in [1.54, 1.807) is 0 Å². The van der Waals surface area contributed by atoms with Crippen molar-refractivity contribution >= 4 is 28.0 Å². The molecule has 0 saturated carbocycles. The van der Waals surface area contributed by atoms with Crippen molar-refractivity contribution in [3.63, 3.8) is 0 Å². The Balaban J connectivity index is 1.88. The molecule has 0 aliphatic carbocycles. The number of nitrogens with one attached hydrogen (secondary N) is 2. The van der Waals surface area contributed by atoms with Crippen LogP contribution in [0.15, 0.2) is 60.8 Å². The van der Waals surface area contributed by atoms with Gasteiger partial charge in [-0.2, -0.15) is 0 Å². The van der Waals surface area contributed by atoms with Crippen LogP contribution in [-0.2, 0) is 0 Å². The summed E-state index contributed by atoms with van der Waals surface area (Å²) in [6.07, 6.45) is 2.91. The highest BCUT2D eigenvalue weighted by Crippen LogP contribution is 2.26. The molecule has 21 heavy (non-hydrogen) atoms. The Bertz CT molecular complexity index is 732. The lowest BCUT2D eigenvalue weighted by Gasteiger charge is -2.11. The van der Waals surface area contributed by atoms with Crippen LogP contribution in [0.3, 0.4) is 0 Å². The number of nitrogens with zero attached hydrogens (tertiary/aromatic N) is 1. The smallest absolute Gasteiger partial charge is 0.127 e. The second-order valence-corrected chi connectivity index (χ2v) is 5.01. The van der Waals surface area contributed by atoms with E-state index in [9.17, 15) is 0 Å². The molecule has 3 heteroatoms. The zero-order chi connectivity index (χ0) is 14.5. The molecule has 1 aromatic heterocycles. The molecule has 2 N–H and O–H groups in total. The third-order valence-electron chi connectivity index (χ3n) is 3.38. The third kappa shape index (κ3) is 3.14. The third-order valence-corrected chi connectivity index (χ3v) is 3.38. The van der Waals surface area contributed by atoms with E-state index in [0.29, 0.717) is 0 Å². The average molecular weight is 277 g/mol. The SMILES string of the molecule is CCCNc1cc(Nc2cccc3ccccc23)ccn1. The number of aromatic nitrogens is 1. The van der Waals surface area contributed by atoms with E-state index < -0.39 is 0 Å². The summed E-state index contributed by atoms with van der Waals surface area (Å²) in [4.78, 5) is 4.33. The standard InChI is InChI=1S/C18H19N3/c1-2-11-19-18-13-15(10-12-20-18)21-17-9-5-7-14-6-3-4-8-16(14)17/h3-10,12-13H,2,11H2,1H3,(H2,19,20,21). The second kappa shape index (κ2) is 6.27. The van der Waals surface area contributed by atoms with Crippen LogP contribution in [-0.4, -0.2) is 11.5 Å². The zero-order valence-corrected chi connectivity index (χ0v) is 12.1. The van der Waals surface area contributed by atoms with Crippen LogP contribution in [0.4, 0.5) is 17.2 Å². The fourth-order valence-electron chi connectivity index (χ4n) is 2.35. The summed E-state index contributed by atoms with van der Waals surface area (Å²) in [7, 11) is 0. The molecule has 3 nitrogen and oxygen atoms in total. The molecule has 0 unspecified atom stereocenters. The Morgan fingerprint density at radius 2 is 1.86 bits per heavy atom. The van der Waals surface area contributed by atoms with Crippen LogP contribution in [0.25, 0.3) is 10.8 Å². The molecule has 0 aliphatic heterocycles. The van der Waals surface area contributed by atoms with Gasteiger partial charge in [-0.15, -0.1) is 0 Å². The van der Waals surface area contributed by atoms with E-state index in [4.69, 9.17) is 0 Å². The molecule has 0 saturated heterocycles. The summed E-state index contributed by atoms with van der Waals surface area (Å²) in [6.45, 7) is 3.08. The van der Waals surface area contributed by atoms with Gasteiger partial charge >= 0.3 is 0 Å². The first-order valence-electron chi connectivity index (χ1n) is 7.31. The highest BCUT2D eigenvalue weighted by molar-refractivity contribution is 5.95. The molecule has 106 valence electrons. The molecule has 0 spiro atoms. The fraction of sp³-hybridized carbons (Fsp3) is 0.167. The maximum Gasteiger partial charge on any atom is 0.127 e. The monoisotopic (exact) mass is 277 g/mol. The number of hydrogen-bond donors (Lipinski definition) is 2. The largest absolute Gasteiger partial charge is 0.370 e. The quantitative estimate of drug-likeness (QED) is 0.703. The van der Waals surface area contributed by atoms with Gasteiger partial charge in [0.1, 0.15) is 5.82 Å². The van der Waals surface area contributed by atoms with E-state index >= 15 is 0 Å². The van der Waals surface area contributed by atoms with Gasteiger partial charge in [-0.1, -0.05) is 43.3 Å². The normalized spacial score (nSPS) is 10.5. The topological polar surface area (TPSA) is 37.0 Å². The maximum atomic E-state index is 4.33. The molecule has 0 atom stereocenters. The number of anilines is 3. The van der Waals surface area contributed by atoms with Crippen LogP contribution in [0, 0.1) is 0 Å². The van der Waals surface area contributed by atoms with Crippen molar-refractivity contribution < 1.29 is 0 Å². The molecular weight excluding hydrogens is 258 g/mol. The molecular formula is C18H19N3. The molecule has 0 aliphatic rings. The van der Waals surface area contributed by atoms with E-state index in [2.05, 4.69) is 65.0 Å². The van der Waals surface area contributed by atoms with Gasteiger partial charge in [-0.05, 0) is 23.9 Å². The van der Waals surface area contributed by atoms with Gasteiger partial charge in [0.15, 0.2) is 0 Å². The molecule has 0 amide bonds. The van der Waals surface area contributed by atoms with Gasteiger partial charge in [0.05, 0.1) is 0 Å². The Morgan fingerprint density at radius 1 is 1.00 bits per heavy atom.